The van der Waals surface area contributed by atoms with Crippen LogP contribution >= 0.6 is 11.6 Å². The van der Waals surface area contributed by atoms with Crippen LogP contribution in [0, 0.1) is 0 Å². The number of aromatic nitrogens is 4. The maximum atomic E-state index is 10.0. The summed E-state index contributed by atoms with van der Waals surface area (Å²) in [7, 11) is 0. The van der Waals surface area contributed by atoms with Gasteiger partial charge < -0.3 is 10.4 Å². The van der Waals surface area contributed by atoms with Crippen LogP contribution in [-0.2, 0) is 0 Å². The Labute approximate surface area is 128 Å². The number of fused-ring (bicyclic) bond motifs is 1. The topological polar surface area (TPSA) is 75.9 Å². The van der Waals surface area contributed by atoms with E-state index in [0.29, 0.717) is 11.0 Å². The van der Waals surface area contributed by atoms with Crippen LogP contribution in [0.1, 0.15) is 46.6 Å². The molecular weight excluding hydrogens is 290 g/mol. The van der Waals surface area contributed by atoms with Crippen LogP contribution < -0.4 is 5.32 Å². The van der Waals surface area contributed by atoms with Crippen molar-refractivity contribution in [3.8, 4) is 5.88 Å². The van der Waals surface area contributed by atoms with Crippen molar-refractivity contribution in [2.24, 2.45) is 0 Å². The lowest BCUT2D eigenvalue weighted by atomic mass is 9.80. The van der Waals surface area contributed by atoms with Gasteiger partial charge in [0.2, 0.25) is 5.88 Å². The van der Waals surface area contributed by atoms with E-state index in [9.17, 15) is 5.11 Å². The summed E-state index contributed by atoms with van der Waals surface area (Å²) in [6, 6.07) is 1.75. The van der Waals surface area contributed by atoms with Gasteiger partial charge in [-0.1, -0.05) is 11.6 Å². The number of nitrogens with zero attached hydrogens (tertiary/aromatic N) is 4. The van der Waals surface area contributed by atoms with E-state index >= 15 is 0 Å². The van der Waals surface area contributed by atoms with E-state index in [1.165, 1.54) is 0 Å². The van der Waals surface area contributed by atoms with Crippen molar-refractivity contribution < 1.29 is 5.11 Å². The Balaban J connectivity index is 2.08. The Bertz CT molecular complexity index is 678. The molecule has 0 saturated carbocycles. The number of aromatic hydroxyl groups is 1. The number of rotatable bonds is 1. The highest BCUT2D eigenvalue weighted by Crippen LogP contribution is 2.38. The zero-order valence-corrected chi connectivity index (χ0v) is 13.4. The van der Waals surface area contributed by atoms with Gasteiger partial charge in [0, 0.05) is 11.1 Å². The molecule has 0 aliphatic carbocycles. The molecule has 3 heterocycles. The maximum Gasteiger partial charge on any atom is 0.240 e. The van der Waals surface area contributed by atoms with Crippen molar-refractivity contribution in [2.75, 3.05) is 0 Å². The van der Waals surface area contributed by atoms with E-state index in [1.807, 2.05) is 0 Å². The van der Waals surface area contributed by atoms with Gasteiger partial charge in [0.05, 0.1) is 11.4 Å². The highest BCUT2D eigenvalue weighted by molar-refractivity contribution is 6.29. The standard InChI is InChI=1S/C14H20ClN5O/c1-13(2)6-8(7-14(3,4)19-13)20-11-9(12(21)18-20)5-10(15)16-17-11/h5,8,19H,6-7H2,1-4H3,(H,18,21). The summed E-state index contributed by atoms with van der Waals surface area (Å²) in [6.45, 7) is 8.70. The number of piperidine rings is 1. The second kappa shape index (κ2) is 4.55. The van der Waals surface area contributed by atoms with Crippen molar-refractivity contribution >= 4 is 22.6 Å². The van der Waals surface area contributed by atoms with E-state index in [0.717, 1.165) is 12.8 Å². The second-order valence-electron chi connectivity index (χ2n) is 7.13. The minimum Gasteiger partial charge on any atom is -0.492 e. The first kappa shape index (κ1) is 14.5. The Morgan fingerprint density at radius 2 is 1.86 bits per heavy atom. The molecule has 0 bridgehead atoms. The van der Waals surface area contributed by atoms with E-state index in [-0.39, 0.29) is 28.2 Å². The predicted molar refractivity (Wildman–Crippen MR) is 81.6 cm³/mol. The van der Waals surface area contributed by atoms with Crippen molar-refractivity contribution in [1.82, 2.24) is 25.3 Å². The van der Waals surface area contributed by atoms with Crippen LogP contribution in [0.25, 0.3) is 11.0 Å². The van der Waals surface area contributed by atoms with Crippen LogP contribution in [0.2, 0.25) is 5.15 Å². The highest BCUT2D eigenvalue weighted by Gasteiger charge is 2.39. The van der Waals surface area contributed by atoms with Gasteiger partial charge in [-0.3, -0.25) is 0 Å². The van der Waals surface area contributed by atoms with E-state index in [1.54, 1.807) is 10.7 Å². The van der Waals surface area contributed by atoms with E-state index in [4.69, 9.17) is 11.6 Å². The molecule has 21 heavy (non-hydrogen) atoms. The Morgan fingerprint density at radius 1 is 1.24 bits per heavy atom. The van der Waals surface area contributed by atoms with Crippen molar-refractivity contribution in [3.63, 3.8) is 0 Å². The fourth-order valence-electron chi connectivity index (χ4n) is 3.59. The van der Waals surface area contributed by atoms with Gasteiger partial charge >= 0.3 is 0 Å². The maximum absolute atomic E-state index is 10.0. The number of hydrogen-bond acceptors (Lipinski definition) is 5. The first-order chi connectivity index (χ1) is 9.67. The van der Waals surface area contributed by atoms with Crippen LogP contribution in [0.5, 0.6) is 5.88 Å². The molecule has 2 N–H and O–H groups in total. The smallest absolute Gasteiger partial charge is 0.240 e. The first-order valence-electron chi connectivity index (χ1n) is 7.07. The summed E-state index contributed by atoms with van der Waals surface area (Å²) in [5.74, 6) is -0.0454. The van der Waals surface area contributed by atoms with Crippen LogP contribution in [0.15, 0.2) is 6.07 Å². The quantitative estimate of drug-likeness (QED) is 0.847. The minimum atomic E-state index is -0.0454. The Kier molecular flexibility index (Phi) is 3.15. The molecule has 0 spiro atoms. The predicted octanol–water partition coefficient (Wildman–Crippen LogP) is 2.67. The second-order valence-corrected chi connectivity index (χ2v) is 7.51. The van der Waals surface area contributed by atoms with Gasteiger partial charge in [-0.25, -0.2) is 4.68 Å². The molecule has 2 aromatic heterocycles. The molecule has 0 radical (unpaired) electrons. The molecule has 1 aliphatic rings. The summed E-state index contributed by atoms with van der Waals surface area (Å²) >= 11 is 5.84. The normalized spacial score (nSPS) is 21.8. The average Bonchev–Trinajstić information content (AvgIpc) is 2.63. The lowest BCUT2D eigenvalue weighted by Crippen LogP contribution is -2.58. The molecule has 114 valence electrons. The zero-order valence-electron chi connectivity index (χ0n) is 12.7. The van der Waals surface area contributed by atoms with Gasteiger partial charge in [-0.05, 0) is 46.6 Å². The fourth-order valence-corrected chi connectivity index (χ4v) is 3.74. The van der Waals surface area contributed by atoms with Crippen LogP contribution in [0.3, 0.4) is 0 Å². The minimum absolute atomic E-state index is 0.0137. The van der Waals surface area contributed by atoms with Gasteiger partial charge in [0.15, 0.2) is 10.8 Å². The summed E-state index contributed by atoms with van der Waals surface area (Å²) in [6.07, 6.45) is 1.80. The molecule has 3 rings (SSSR count). The fraction of sp³-hybridized carbons (Fsp3) is 0.643. The van der Waals surface area contributed by atoms with Gasteiger partial charge in [0.25, 0.3) is 0 Å². The monoisotopic (exact) mass is 309 g/mol. The molecule has 1 aliphatic heterocycles. The summed E-state index contributed by atoms with van der Waals surface area (Å²) in [5.41, 5.74) is 0.552. The summed E-state index contributed by atoms with van der Waals surface area (Å²) in [5, 5.41) is 26.7. The lowest BCUT2D eigenvalue weighted by molar-refractivity contribution is 0.127. The van der Waals surface area contributed by atoms with Crippen LogP contribution in [0.4, 0.5) is 0 Å². The molecule has 1 saturated heterocycles. The third-order valence-corrected chi connectivity index (χ3v) is 4.10. The number of nitrogens with one attached hydrogen (secondary N) is 1. The number of hydrogen-bond donors (Lipinski definition) is 2. The zero-order chi connectivity index (χ0) is 15.4. The highest BCUT2D eigenvalue weighted by atomic mass is 35.5. The van der Waals surface area contributed by atoms with Crippen molar-refractivity contribution in [2.45, 2.75) is 57.7 Å². The molecule has 1 fully saturated rings. The lowest BCUT2D eigenvalue weighted by Gasteiger charge is -2.46. The van der Waals surface area contributed by atoms with Crippen molar-refractivity contribution in [1.29, 1.82) is 0 Å². The summed E-state index contributed by atoms with van der Waals surface area (Å²) in [4.78, 5) is 0. The van der Waals surface area contributed by atoms with E-state index < -0.39 is 0 Å². The Hall–Kier alpha value is -1.40. The first-order valence-corrected chi connectivity index (χ1v) is 7.44. The van der Waals surface area contributed by atoms with E-state index in [2.05, 4.69) is 48.3 Å². The molecule has 6 nitrogen and oxygen atoms in total. The van der Waals surface area contributed by atoms with Crippen molar-refractivity contribution in [3.05, 3.63) is 11.2 Å². The SMILES string of the molecule is CC1(C)CC(n2nc(O)c3cc(Cl)nnc32)CC(C)(C)N1. The van der Waals surface area contributed by atoms with Gasteiger partial charge in [-0.15, -0.1) is 15.3 Å². The molecule has 0 aromatic carbocycles. The molecule has 7 heteroatoms. The number of halogens is 1. The van der Waals surface area contributed by atoms with Gasteiger partial charge in [0.1, 0.15) is 0 Å². The molecular formula is C14H20ClN5O. The molecule has 0 atom stereocenters. The largest absolute Gasteiger partial charge is 0.492 e. The third kappa shape index (κ3) is 2.70. The van der Waals surface area contributed by atoms with Crippen LogP contribution in [-0.4, -0.2) is 36.2 Å². The van der Waals surface area contributed by atoms with Gasteiger partial charge in [-0.2, -0.15) is 0 Å². The Morgan fingerprint density at radius 3 is 2.48 bits per heavy atom. The molecule has 0 unspecified atom stereocenters. The molecule has 0 amide bonds. The summed E-state index contributed by atoms with van der Waals surface area (Å²) < 4.78 is 1.79. The third-order valence-electron chi connectivity index (χ3n) is 3.92. The molecule has 2 aromatic rings. The average molecular weight is 310 g/mol.